The summed E-state index contributed by atoms with van der Waals surface area (Å²) in [6.07, 6.45) is 0.299. The van der Waals surface area contributed by atoms with Gasteiger partial charge in [0.25, 0.3) is 0 Å². The monoisotopic (exact) mass is 406 g/mol. The first-order valence-electron chi connectivity index (χ1n) is 9.44. The normalized spacial score (nSPS) is 13.4. The summed E-state index contributed by atoms with van der Waals surface area (Å²) in [6.45, 7) is 6.95. The van der Waals surface area contributed by atoms with Crippen molar-refractivity contribution in [3.05, 3.63) is 70.8 Å². The van der Waals surface area contributed by atoms with E-state index in [2.05, 4.69) is 55.3 Å². The van der Waals surface area contributed by atoms with Crippen LogP contribution in [0.1, 0.15) is 43.4 Å². The molecule has 2 atom stereocenters. The molecule has 0 radical (unpaired) electrons. The summed E-state index contributed by atoms with van der Waals surface area (Å²) in [5.74, 6) is -0.996. The van der Waals surface area contributed by atoms with Crippen molar-refractivity contribution >= 4 is 18.5 Å². The first-order chi connectivity index (χ1) is 13.2. The number of halogens is 2. The molecular formula is C22H28F2N2OS. The van der Waals surface area contributed by atoms with E-state index in [0.717, 1.165) is 6.07 Å². The number of carbonyl (C=O) groups is 1. The summed E-state index contributed by atoms with van der Waals surface area (Å²) >= 11 is 4.62. The summed E-state index contributed by atoms with van der Waals surface area (Å²) in [5.41, 5.74) is 2.95. The second kappa shape index (κ2) is 10.6. The van der Waals surface area contributed by atoms with Crippen molar-refractivity contribution in [3.8, 4) is 0 Å². The Morgan fingerprint density at radius 2 is 1.75 bits per heavy atom. The van der Waals surface area contributed by atoms with Gasteiger partial charge in [0.15, 0.2) is 0 Å². The number of amides is 1. The second-order valence-electron chi connectivity index (χ2n) is 7.39. The number of nitrogens with one attached hydrogen (secondary N) is 2. The average molecular weight is 407 g/mol. The van der Waals surface area contributed by atoms with Crippen LogP contribution in [-0.2, 0) is 17.8 Å². The Bertz CT molecular complexity index is 778. The van der Waals surface area contributed by atoms with Gasteiger partial charge in [-0.05, 0) is 41.2 Å². The molecule has 0 aliphatic carbocycles. The number of thiol groups is 1. The molecule has 0 aliphatic rings. The minimum absolute atomic E-state index is 0.203. The van der Waals surface area contributed by atoms with Crippen LogP contribution in [-0.4, -0.2) is 23.7 Å². The van der Waals surface area contributed by atoms with Crippen LogP contribution in [0.3, 0.4) is 0 Å². The Labute approximate surface area is 171 Å². The van der Waals surface area contributed by atoms with Gasteiger partial charge in [0.05, 0.1) is 0 Å². The van der Waals surface area contributed by atoms with Gasteiger partial charge in [0.1, 0.15) is 11.6 Å². The number of carbonyl (C=O) groups excluding carboxylic acids is 1. The largest absolute Gasteiger partial charge is 0.352 e. The smallest absolute Gasteiger partial charge is 0.217 e. The molecule has 2 N–H and O–H groups in total. The van der Waals surface area contributed by atoms with Crippen LogP contribution in [0.25, 0.3) is 0 Å². The van der Waals surface area contributed by atoms with Crippen molar-refractivity contribution in [3.63, 3.8) is 0 Å². The highest BCUT2D eigenvalue weighted by Gasteiger charge is 2.20. The third-order valence-corrected chi connectivity index (χ3v) is 5.07. The Balaban J connectivity index is 1.97. The van der Waals surface area contributed by atoms with Crippen LogP contribution >= 0.6 is 12.6 Å². The fraction of sp³-hybridized carbons (Fsp3) is 0.409. The molecule has 2 rings (SSSR count). The molecule has 0 spiro atoms. The third-order valence-electron chi connectivity index (χ3n) is 4.53. The average Bonchev–Trinajstić information content (AvgIpc) is 2.60. The molecule has 0 aliphatic heterocycles. The van der Waals surface area contributed by atoms with E-state index in [9.17, 15) is 13.6 Å². The van der Waals surface area contributed by atoms with Crippen molar-refractivity contribution in [1.29, 1.82) is 0 Å². The van der Waals surface area contributed by atoms with Gasteiger partial charge in [-0.1, -0.05) is 38.1 Å². The molecule has 0 fully saturated rings. The summed E-state index contributed by atoms with van der Waals surface area (Å²) in [4.78, 5) is 11.6. The van der Waals surface area contributed by atoms with Crippen molar-refractivity contribution in [2.45, 2.75) is 50.9 Å². The molecule has 2 aromatic carbocycles. The fourth-order valence-electron chi connectivity index (χ4n) is 3.10. The van der Waals surface area contributed by atoms with Gasteiger partial charge in [0, 0.05) is 37.4 Å². The summed E-state index contributed by atoms with van der Waals surface area (Å²) in [6, 6.07) is 11.4. The Morgan fingerprint density at radius 3 is 2.36 bits per heavy atom. The zero-order chi connectivity index (χ0) is 20.7. The molecule has 6 heteroatoms. The SMILES string of the molecule is CC(=O)N[C@@H](Cc1cc(F)cc(F)c1)[C@H](S)CNCc1cccc(C(C)C)c1. The Hall–Kier alpha value is -1.92. The minimum Gasteiger partial charge on any atom is -0.352 e. The highest BCUT2D eigenvalue weighted by molar-refractivity contribution is 7.81. The molecule has 0 heterocycles. The van der Waals surface area contributed by atoms with Crippen molar-refractivity contribution in [2.24, 2.45) is 0 Å². The zero-order valence-electron chi connectivity index (χ0n) is 16.5. The number of benzene rings is 2. The molecule has 0 saturated carbocycles. The predicted octanol–water partition coefficient (Wildman–Crippen LogP) is 4.22. The Morgan fingerprint density at radius 1 is 1.07 bits per heavy atom. The maximum atomic E-state index is 13.5. The fourth-order valence-corrected chi connectivity index (χ4v) is 3.40. The quantitative estimate of drug-likeness (QED) is 0.546. The molecular weight excluding hydrogens is 378 g/mol. The van der Waals surface area contributed by atoms with Gasteiger partial charge in [-0.2, -0.15) is 12.6 Å². The number of hydrogen-bond donors (Lipinski definition) is 3. The van der Waals surface area contributed by atoms with Crippen LogP contribution in [0.15, 0.2) is 42.5 Å². The Kier molecular flexibility index (Phi) is 8.45. The van der Waals surface area contributed by atoms with Gasteiger partial charge in [0.2, 0.25) is 5.91 Å². The summed E-state index contributed by atoms with van der Waals surface area (Å²) < 4.78 is 26.9. The van der Waals surface area contributed by atoms with Crippen LogP contribution in [0.4, 0.5) is 8.78 Å². The third kappa shape index (κ3) is 7.24. The first kappa shape index (κ1) is 22.4. The van der Waals surface area contributed by atoms with Crippen LogP contribution < -0.4 is 10.6 Å². The van der Waals surface area contributed by atoms with E-state index in [1.807, 2.05) is 6.07 Å². The van der Waals surface area contributed by atoms with Gasteiger partial charge in [-0.3, -0.25) is 4.79 Å². The molecule has 0 bridgehead atoms. The van der Waals surface area contributed by atoms with E-state index in [1.54, 1.807) is 0 Å². The van der Waals surface area contributed by atoms with E-state index < -0.39 is 11.6 Å². The van der Waals surface area contributed by atoms with E-state index in [-0.39, 0.29) is 17.2 Å². The molecule has 0 aromatic heterocycles. The van der Waals surface area contributed by atoms with Crippen LogP contribution in [0.2, 0.25) is 0 Å². The first-order valence-corrected chi connectivity index (χ1v) is 9.96. The van der Waals surface area contributed by atoms with Crippen LogP contribution in [0.5, 0.6) is 0 Å². The van der Waals surface area contributed by atoms with Gasteiger partial charge >= 0.3 is 0 Å². The van der Waals surface area contributed by atoms with Crippen molar-refractivity contribution < 1.29 is 13.6 Å². The zero-order valence-corrected chi connectivity index (χ0v) is 17.4. The predicted molar refractivity (Wildman–Crippen MR) is 113 cm³/mol. The summed E-state index contributed by atoms with van der Waals surface area (Å²) in [7, 11) is 0. The van der Waals surface area contributed by atoms with Gasteiger partial charge in [-0.15, -0.1) is 0 Å². The minimum atomic E-state index is -0.629. The number of hydrogen-bond acceptors (Lipinski definition) is 3. The molecule has 0 unspecified atom stereocenters. The standard InChI is InChI=1S/C22H28F2N2OS/c1-14(2)18-6-4-5-16(7-18)12-25-13-22(28)21(26-15(3)27)10-17-8-19(23)11-20(24)9-17/h4-9,11,14,21-22,25,28H,10,12-13H2,1-3H3,(H,26,27)/t21-,22+/m0/s1. The molecule has 3 nitrogen and oxygen atoms in total. The van der Waals surface area contributed by atoms with Crippen LogP contribution in [0, 0.1) is 11.6 Å². The van der Waals surface area contributed by atoms with E-state index >= 15 is 0 Å². The molecule has 28 heavy (non-hydrogen) atoms. The van der Waals surface area contributed by atoms with Crippen molar-refractivity contribution in [2.75, 3.05) is 6.54 Å². The lowest BCUT2D eigenvalue weighted by Crippen LogP contribution is -2.45. The maximum absolute atomic E-state index is 13.5. The highest BCUT2D eigenvalue weighted by atomic mass is 32.1. The van der Waals surface area contributed by atoms with Crippen molar-refractivity contribution in [1.82, 2.24) is 10.6 Å². The summed E-state index contributed by atoms with van der Waals surface area (Å²) in [5, 5.41) is 5.97. The molecule has 1 amide bonds. The molecule has 152 valence electrons. The van der Waals surface area contributed by atoms with E-state index in [1.165, 1.54) is 30.2 Å². The highest BCUT2D eigenvalue weighted by Crippen LogP contribution is 2.16. The van der Waals surface area contributed by atoms with E-state index in [0.29, 0.717) is 31.0 Å². The van der Waals surface area contributed by atoms with Gasteiger partial charge < -0.3 is 10.6 Å². The van der Waals surface area contributed by atoms with E-state index in [4.69, 9.17) is 0 Å². The lowest BCUT2D eigenvalue weighted by molar-refractivity contribution is -0.119. The second-order valence-corrected chi connectivity index (χ2v) is 8.05. The number of rotatable bonds is 9. The van der Waals surface area contributed by atoms with Gasteiger partial charge in [-0.25, -0.2) is 8.78 Å². The topological polar surface area (TPSA) is 41.1 Å². The molecule has 0 saturated heterocycles. The lowest BCUT2D eigenvalue weighted by Gasteiger charge is -2.25. The molecule has 2 aromatic rings. The lowest BCUT2D eigenvalue weighted by atomic mass is 10.0. The maximum Gasteiger partial charge on any atom is 0.217 e.